The van der Waals surface area contributed by atoms with E-state index in [9.17, 15) is 18.0 Å². The summed E-state index contributed by atoms with van der Waals surface area (Å²) in [4.78, 5) is 28.9. The molecule has 2 fully saturated rings. The molecule has 1 aromatic carbocycles. The van der Waals surface area contributed by atoms with Crippen molar-refractivity contribution in [2.45, 2.75) is 56.6 Å². The fourth-order valence-electron chi connectivity index (χ4n) is 3.81. The number of hydrogen-bond donors (Lipinski definition) is 0. The highest BCUT2D eigenvalue weighted by Crippen LogP contribution is 2.27. The third-order valence-electron chi connectivity index (χ3n) is 5.33. The molecule has 0 aliphatic carbocycles. The van der Waals surface area contributed by atoms with Crippen molar-refractivity contribution in [2.24, 2.45) is 0 Å². The molecule has 2 aliphatic rings. The van der Waals surface area contributed by atoms with Gasteiger partial charge in [-0.3, -0.25) is 4.79 Å². The van der Waals surface area contributed by atoms with E-state index in [0.29, 0.717) is 39.1 Å². The zero-order valence-electron chi connectivity index (χ0n) is 17.9. The van der Waals surface area contributed by atoms with E-state index in [1.807, 2.05) is 20.8 Å². The summed E-state index contributed by atoms with van der Waals surface area (Å²) in [5.41, 5.74) is -0.571. The van der Waals surface area contributed by atoms with Gasteiger partial charge in [0.1, 0.15) is 11.6 Å². The maximum absolute atomic E-state index is 13.2. The molecule has 0 aromatic heterocycles. The fourth-order valence-corrected chi connectivity index (χ4v) is 5.49. The van der Waals surface area contributed by atoms with E-state index in [-0.39, 0.29) is 16.9 Å². The normalized spacial score (nSPS) is 21.4. The Bertz CT molecular complexity index is 858. The quantitative estimate of drug-likeness (QED) is 0.724. The summed E-state index contributed by atoms with van der Waals surface area (Å²) in [5.74, 6) is -0.182. The lowest BCUT2D eigenvalue weighted by Gasteiger charge is -2.40. The van der Waals surface area contributed by atoms with Crippen LogP contribution in [0.3, 0.4) is 0 Å². The summed E-state index contributed by atoms with van der Waals surface area (Å²) in [6, 6.07) is 7.56. The predicted octanol–water partition coefficient (Wildman–Crippen LogP) is 2.31. The molecule has 0 spiro atoms. The Morgan fingerprint density at radius 2 is 1.53 bits per heavy atom. The molecule has 0 radical (unpaired) electrons. The number of hydrogen-bond acceptors (Lipinski definition) is 5. The minimum atomic E-state index is -3.74. The number of amides is 2. The molecule has 1 atom stereocenters. The van der Waals surface area contributed by atoms with Gasteiger partial charge >= 0.3 is 6.09 Å². The molecule has 2 aliphatic heterocycles. The second-order valence-electron chi connectivity index (χ2n) is 8.73. The van der Waals surface area contributed by atoms with Crippen LogP contribution in [0.4, 0.5) is 4.79 Å². The molecular weight excluding hydrogens is 406 g/mol. The highest BCUT2D eigenvalue weighted by atomic mass is 32.2. The number of sulfonamides is 1. The minimum Gasteiger partial charge on any atom is -0.444 e. The summed E-state index contributed by atoms with van der Waals surface area (Å²) in [7, 11) is -3.74. The molecule has 9 heteroatoms. The van der Waals surface area contributed by atoms with Crippen LogP contribution < -0.4 is 0 Å². The Kier molecular flexibility index (Phi) is 6.71. The Labute approximate surface area is 178 Å². The number of rotatable bonds is 3. The number of nitrogens with zero attached hydrogens (tertiary/aromatic N) is 3. The van der Waals surface area contributed by atoms with Gasteiger partial charge in [0.15, 0.2) is 0 Å². The number of benzene rings is 1. The molecule has 2 saturated heterocycles. The molecule has 0 saturated carbocycles. The molecule has 30 heavy (non-hydrogen) atoms. The largest absolute Gasteiger partial charge is 0.444 e. The smallest absolute Gasteiger partial charge is 0.410 e. The van der Waals surface area contributed by atoms with Gasteiger partial charge in [-0.05, 0) is 45.7 Å². The van der Waals surface area contributed by atoms with Gasteiger partial charge in [-0.15, -0.1) is 0 Å². The molecule has 8 nitrogen and oxygen atoms in total. The molecule has 0 bridgehead atoms. The van der Waals surface area contributed by atoms with Gasteiger partial charge in [-0.25, -0.2) is 13.2 Å². The predicted molar refractivity (Wildman–Crippen MR) is 112 cm³/mol. The third kappa shape index (κ3) is 5.13. The van der Waals surface area contributed by atoms with E-state index >= 15 is 0 Å². The van der Waals surface area contributed by atoms with Gasteiger partial charge in [0, 0.05) is 32.7 Å². The first-order chi connectivity index (χ1) is 14.1. The highest BCUT2D eigenvalue weighted by Gasteiger charge is 2.40. The summed E-state index contributed by atoms with van der Waals surface area (Å²) in [5, 5.41) is 0. The molecule has 1 aromatic rings. The van der Waals surface area contributed by atoms with Gasteiger partial charge < -0.3 is 14.5 Å². The van der Waals surface area contributed by atoms with Gasteiger partial charge in [0.05, 0.1) is 4.90 Å². The van der Waals surface area contributed by atoms with Crippen LogP contribution in [0.2, 0.25) is 0 Å². The standard InChI is InChI=1S/C21H31N3O5S/c1-21(2,3)29-20(26)23-15-13-22(14-16-23)19(25)18-11-7-8-12-24(18)30(27,28)17-9-5-4-6-10-17/h4-6,9-10,18H,7-8,11-16H2,1-3H3. The monoisotopic (exact) mass is 437 g/mol. The van der Waals surface area contributed by atoms with E-state index in [4.69, 9.17) is 4.74 Å². The van der Waals surface area contributed by atoms with Crippen molar-refractivity contribution in [1.29, 1.82) is 0 Å². The first kappa shape index (κ1) is 22.6. The average Bonchev–Trinajstić information content (AvgIpc) is 2.73. The van der Waals surface area contributed by atoms with Crippen molar-refractivity contribution in [3.63, 3.8) is 0 Å². The van der Waals surface area contributed by atoms with Crippen LogP contribution in [-0.4, -0.2) is 78.9 Å². The molecule has 166 valence electrons. The van der Waals surface area contributed by atoms with Crippen LogP contribution in [0.25, 0.3) is 0 Å². The molecular formula is C21H31N3O5S. The Hall–Kier alpha value is -2.13. The second-order valence-corrected chi connectivity index (χ2v) is 10.6. The molecule has 2 heterocycles. The maximum atomic E-state index is 13.2. The number of carbonyl (C=O) groups excluding carboxylic acids is 2. The molecule has 0 N–H and O–H groups in total. The topological polar surface area (TPSA) is 87.2 Å². The minimum absolute atomic E-state index is 0.182. The van der Waals surface area contributed by atoms with E-state index in [2.05, 4.69) is 0 Å². The Morgan fingerprint density at radius 3 is 2.13 bits per heavy atom. The first-order valence-electron chi connectivity index (χ1n) is 10.4. The van der Waals surface area contributed by atoms with Crippen LogP contribution in [0.5, 0.6) is 0 Å². The van der Waals surface area contributed by atoms with Crippen molar-refractivity contribution in [1.82, 2.24) is 14.1 Å². The van der Waals surface area contributed by atoms with Crippen molar-refractivity contribution in [3.8, 4) is 0 Å². The van der Waals surface area contributed by atoms with E-state index in [1.165, 1.54) is 4.31 Å². The van der Waals surface area contributed by atoms with Crippen molar-refractivity contribution >= 4 is 22.0 Å². The summed E-state index contributed by atoms with van der Waals surface area (Å²) < 4.78 is 33.0. The van der Waals surface area contributed by atoms with E-state index in [0.717, 1.165) is 12.8 Å². The number of piperazine rings is 1. The Morgan fingerprint density at radius 1 is 0.933 bits per heavy atom. The van der Waals surface area contributed by atoms with E-state index < -0.39 is 21.7 Å². The number of carbonyl (C=O) groups is 2. The average molecular weight is 438 g/mol. The van der Waals surface area contributed by atoms with Gasteiger partial charge in [-0.2, -0.15) is 4.31 Å². The lowest BCUT2D eigenvalue weighted by atomic mass is 10.0. The third-order valence-corrected chi connectivity index (χ3v) is 7.25. The lowest BCUT2D eigenvalue weighted by molar-refractivity contribution is -0.138. The first-order valence-corrected chi connectivity index (χ1v) is 11.9. The van der Waals surface area contributed by atoms with Crippen LogP contribution in [0.15, 0.2) is 35.2 Å². The number of ether oxygens (including phenoxy) is 1. The van der Waals surface area contributed by atoms with Crippen molar-refractivity contribution in [2.75, 3.05) is 32.7 Å². The lowest BCUT2D eigenvalue weighted by Crippen LogP contribution is -2.58. The van der Waals surface area contributed by atoms with Crippen molar-refractivity contribution in [3.05, 3.63) is 30.3 Å². The SMILES string of the molecule is CC(C)(C)OC(=O)N1CCN(C(=O)C2CCCCN2S(=O)(=O)c2ccccc2)CC1. The zero-order valence-corrected chi connectivity index (χ0v) is 18.7. The highest BCUT2D eigenvalue weighted by molar-refractivity contribution is 7.89. The van der Waals surface area contributed by atoms with Gasteiger partial charge in [0.25, 0.3) is 0 Å². The van der Waals surface area contributed by atoms with E-state index in [1.54, 1.807) is 40.1 Å². The summed E-state index contributed by atoms with van der Waals surface area (Å²) >= 11 is 0. The van der Waals surface area contributed by atoms with Gasteiger partial charge in [-0.1, -0.05) is 24.6 Å². The van der Waals surface area contributed by atoms with Crippen LogP contribution >= 0.6 is 0 Å². The van der Waals surface area contributed by atoms with Crippen LogP contribution in [0.1, 0.15) is 40.0 Å². The Balaban J connectivity index is 1.68. The summed E-state index contributed by atoms with van der Waals surface area (Å²) in [6.07, 6.45) is 1.68. The zero-order chi connectivity index (χ0) is 21.9. The van der Waals surface area contributed by atoms with Crippen molar-refractivity contribution < 1.29 is 22.7 Å². The summed E-state index contributed by atoms with van der Waals surface area (Å²) in [6.45, 7) is 7.27. The van der Waals surface area contributed by atoms with Crippen LogP contribution in [-0.2, 0) is 19.6 Å². The molecule has 3 rings (SSSR count). The number of piperidine rings is 1. The molecule has 1 unspecified atom stereocenters. The fraction of sp³-hybridized carbons (Fsp3) is 0.619. The second kappa shape index (κ2) is 8.93. The molecule has 2 amide bonds. The maximum Gasteiger partial charge on any atom is 0.410 e. The van der Waals surface area contributed by atoms with Crippen LogP contribution in [0, 0.1) is 0 Å². The van der Waals surface area contributed by atoms with Gasteiger partial charge in [0.2, 0.25) is 15.9 Å².